The second kappa shape index (κ2) is 5.38. The summed E-state index contributed by atoms with van der Waals surface area (Å²) in [4.78, 5) is 14.8. The molecule has 2 fully saturated rings. The fourth-order valence-corrected chi connectivity index (χ4v) is 4.87. The highest BCUT2D eigenvalue weighted by Crippen LogP contribution is 2.39. The minimum Gasteiger partial charge on any atom is -0.333 e. The molecular formula is C14H14Br2ClNO. The van der Waals surface area contributed by atoms with Crippen molar-refractivity contribution in [3.63, 3.8) is 0 Å². The van der Waals surface area contributed by atoms with E-state index in [9.17, 15) is 4.79 Å². The van der Waals surface area contributed by atoms with Crippen LogP contribution in [0.25, 0.3) is 0 Å². The van der Waals surface area contributed by atoms with Crippen molar-refractivity contribution in [1.29, 1.82) is 0 Å². The third-order valence-corrected chi connectivity index (χ3v) is 5.58. The lowest BCUT2D eigenvalue weighted by Gasteiger charge is -2.37. The van der Waals surface area contributed by atoms with Crippen LogP contribution in [0.5, 0.6) is 0 Å². The Balaban J connectivity index is 1.88. The minimum absolute atomic E-state index is 0.135. The zero-order valence-electron chi connectivity index (χ0n) is 10.3. The van der Waals surface area contributed by atoms with E-state index in [0.29, 0.717) is 12.1 Å². The molecule has 2 nitrogen and oxygen atoms in total. The number of fused-ring (bicyclic) bond motifs is 2. The molecular weight excluding hydrogens is 393 g/mol. The number of piperidine rings is 1. The molecule has 0 aliphatic carbocycles. The first-order valence-electron chi connectivity index (χ1n) is 6.48. The van der Waals surface area contributed by atoms with Gasteiger partial charge in [0.05, 0.1) is 5.56 Å². The second-order valence-corrected chi connectivity index (χ2v) is 7.68. The van der Waals surface area contributed by atoms with Crippen LogP contribution in [0.3, 0.4) is 0 Å². The zero-order valence-corrected chi connectivity index (χ0v) is 14.2. The van der Waals surface area contributed by atoms with Crippen molar-refractivity contribution in [2.24, 2.45) is 0 Å². The molecule has 0 spiro atoms. The van der Waals surface area contributed by atoms with Gasteiger partial charge in [-0.1, -0.05) is 15.9 Å². The largest absolute Gasteiger partial charge is 0.333 e. The van der Waals surface area contributed by atoms with Gasteiger partial charge in [0.15, 0.2) is 0 Å². The number of hydrogen-bond donors (Lipinski definition) is 0. The Morgan fingerprint density at radius 3 is 2.42 bits per heavy atom. The Bertz CT molecular complexity index is 508. The summed E-state index contributed by atoms with van der Waals surface area (Å²) < 4.78 is 1.82. The van der Waals surface area contributed by atoms with E-state index in [4.69, 9.17) is 11.6 Å². The first-order chi connectivity index (χ1) is 9.06. The molecule has 0 saturated carbocycles. The van der Waals surface area contributed by atoms with Crippen LogP contribution in [-0.2, 0) is 0 Å². The van der Waals surface area contributed by atoms with E-state index in [1.807, 2.05) is 18.2 Å². The van der Waals surface area contributed by atoms with Crippen molar-refractivity contribution in [3.05, 3.63) is 32.7 Å². The van der Waals surface area contributed by atoms with E-state index in [2.05, 4.69) is 36.8 Å². The van der Waals surface area contributed by atoms with E-state index < -0.39 is 0 Å². The molecule has 2 saturated heterocycles. The van der Waals surface area contributed by atoms with E-state index in [1.54, 1.807) is 0 Å². The van der Waals surface area contributed by atoms with Crippen LogP contribution < -0.4 is 0 Å². The molecule has 19 heavy (non-hydrogen) atoms. The van der Waals surface area contributed by atoms with Crippen LogP contribution in [0.1, 0.15) is 36.0 Å². The molecule has 2 heterocycles. The highest BCUT2D eigenvalue weighted by Gasteiger charge is 2.43. The Morgan fingerprint density at radius 2 is 1.84 bits per heavy atom. The lowest BCUT2D eigenvalue weighted by atomic mass is 10.0. The fourth-order valence-electron chi connectivity index (χ4n) is 3.24. The summed E-state index contributed by atoms with van der Waals surface area (Å²) in [7, 11) is 0. The number of alkyl halides is 1. The predicted octanol–water partition coefficient (Wildman–Crippen LogP) is 4.59. The number of benzene rings is 1. The molecule has 2 bridgehead atoms. The van der Waals surface area contributed by atoms with Gasteiger partial charge in [-0.25, -0.2) is 0 Å². The first kappa shape index (κ1) is 13.9. The van der Waals surface area contributed by atoms with Crippen LogP contribution in [0.15, 0.2) is 27.1 Å². The van der Waals surface area contributed by atoms with Gasteiger partial charge in [0.25, 0.3) is 5.91 Å². The van der Waals surface area contributed by atoms with Gasteiger partial charge in [-0.2, -0.15) is 0 Å². The molecule has 2 atom stereocenters. The zero-order chi connectivity index (χ0) is 13.6. The van der Waals surface area contributed by atoms with Gasteiger partial charge in [0, 0.05) is 26.4 Å². The molecule has 2 aliphatic rings. The van der Waals surface area contributed by atoms with Crippen molar-refractivity contribution in [1.82, 2.24) is 4.90 Å². The number of halogens is 3. The molecule has 2 unspecified atom stereocenters. The van der Waals surface area contributed by atoms with Crippen LogP contribution in [0.2, 0.25) is 0 Å². The summed E-state index contributed by atoms with van der Waals surface area (Å²) in [6, 6.07) is 6.36. The molecule has 3 rings (SSSR count). The SMILES string of the molecule is O=C(c1ccc(Br)cc1Br)N1C2CCC1CC(Cl)C2. The molecule has 0 aromatic heterocycles. The Morgan fingerprint density at radius 1 is 1.21 bits per heavy atom. The average molecular weight is 408 g/mol. The molecule has 0 N–H and O–H groups in total. The standard InChI is InChI=1S/C14H14Br2ClNO/c15-8-1-4-12(13(16)5-8)14(19)18-10-2-3-11(18)7-9(17)6-10/h1,4-5,9-11H,2-3,6-7H2. The molecule has 1 aromatic rings. The quantitative estimate of drug-likeness (QED) is 0.624. The molecule has 2 aliphatic heterocycles. The summed E-state index contributed by atoms with van der Waals surface area (Å²) in [5, 5.41) is 0.231. The molecule has 102 valence electrons. The smallest absolute Gasteiger partial charge is 0.255 e. The summed E-state index contributed by atoms with van der Waals surface area (Å²) >= 11 is 13.2. The van der Waals surface area contributed by atoms with Crippen molar-refractivity contribution in [2.75, 3.05) is 0 Å². The van der Waals surface area contributed by atoms with Gasteiger partial charge in [0.2, 0.25) is 0 Å². The van der Waals surface area contributed by atoms with E-state index in [-0.39, 0.29) is 11.3 Å². The normalized spacial score (nSPS) is 29.6. The van der Waals surface area contributed by atoms with Gasteiger partial charge in [-0.15, -0.1) is 11.6 Å². The molecule has 1 aromatic carbocycles. The second-order valence-electron chi connectivity index (χ2n) is 5.29. The Labute approximate surface area is 134 Å². The third kappa shape index (κ3) is 2.59. The van der Waals surface area contributed by atoms with Crippen LogP contribution >= 0.6 is 43.5 Å². The van der Waals surface area contributed by atoms with E-state index in [1.165, 1.54) is 0 Å². The maximum Gasteiger partial charge on any atom is 0.255 e. The molecule has 5 heteroatoms. The van der Waals surface area contributed by atoms with Crippen molar-refractivity contribution in [3.8, 4) is 0 Å². The minimum atomic E-state index is 0.135. The van der Waals surface area contributed by atoms with Gasteiger partial charge in [0.1, 0.15) is 0 Å². The highest BCUT2D eigenvalue weighted by molar-refractivity contribution is 9.11. The summed E-state index contributed by atoms with van der Waals surface area (Å²) in [6.45, 7) is 0. The molecule has 1 amide bonds. The van der Waals surface area contributed by atoms with E-state index >= 15 is 0 Å². The first-order valence-corrected chi connectivity index (χ1v) is 8.50. The van der Waals surface area contributed by atoms with Gasteiger partial charge in [-0.05, 0) is 59.8 Å². The number of carbonyl (C=O) groups excluding carboxylic acids is 1. The maximum atomic E-state index is 12.7. The predicted molar refractivity (Wildman–Crippen MR) is 83.7 cm³/mol. The van der Waals surface area contributed by atoms with Crippen LogP contribution in [0.4, 0.5) is 0 Å². The van der Waals surface area contributed by atoms with Gasteiger partial charge in [-0.3, -0.25) is 4.79 Å². The highest BCUT2D eigenvalue weighted by atomic mass is 79.9. The lowest BCUT2D eigenvalue weighted by Crippen LogP contribution is -2.47. The number of hydrogen-bond acceptors (Lipinski definition) is 1. The van der Waals surface area contributed by atoms with Crippen molar-refractivity contribution in [2.45, 2.75) is 43.1 Å². The summed E-state index contributed by atoms with van der Waals surface area (Å²) in [5.41, 5.74) is 0.744. The monoisotopic (exact) mass is 405 g/mol. The Kier molecular flexibility index (Phi) is 3.93. The molecule has 0 radical (unpaired) electrons. The lowest BCUT2D eigenvalue weighted by molar-refractivity contribution is 0.0598. The summed E-state index contributed by atoms with van der Waals surface area (Å²) in [6.07, 6.45) is 4.04. The van der Waals surface area contributed by atoms with E-state index in [0.717, 1.165) is 40.2 Å². The number of nitrogens with zero attached hydrogens (tertiary/aromatic N) is 1. The van der Waals surface area contributed by atoms with Crippen molar-refractivity contribution < 1.29 is 4.79 Å². The van der Waals surface area contributed by atoms with Crippen LogP contribution in [-0.4, -0.2) is 28.3 Å². The van der Waals surface area contributed by atoms with Crippen LogP contribution in [0, 0.1) is 0 Å². The number of amides is 1. The number of carbonyl (C=O) groups is 1. The van der Waals surface area contributed by atoms with Crippen molar-refractivity contribution >= 4 is 49.4 Å². The average Bonchev–Trinajstić information content (AvgIpc) is 2.61. The van der Waals surface area contributed by atoms with Gasteiger partial charge < -0.3 is 4.90 Å². The van der Waals surface area contributed by atoms with Gasteiger partial charge >= 0.3 is 0 Å². The third-order valence-electron chi connectivity index (χ3n) is 4.07. The summed E-state index contributed by atoms with van der Waals surface area (Å²) in [5.74, 6) is 0.135. The number of rotatable bonds is 1. The maximum absolute atomic E-state index is 12.7. The topological polar surface area (TPSA) is 20.3 Å². The fraction of sp³-hybridized carbons (Fsp3) is 0.500. The Hall–Kier alpha value is -0.0600.